The van der Waals surface area contributed by atoms with E-state index < -0.39 is 0 Å². The van der Waals surface area contributed by atoms with Crippen LogP contribution in [0.2, 0.25) is 0 Å². The molecule has 3 rings (SSSR count). The quantitative estimate of drug-likeness (QED) is 0.936. The molecule has 6 heteroatoms. The summed E-state index contributed by atoms with van der Waals surface area (Å²) in [4.78, 5) is 22.7. The first kappa shape index (κ1) is 14.3. The summed E-state index contributed by atoms with van der Waals surface area (Å²) >= 11 is 0. The lowest BCUT2D eigenvalue weighted by Crippen LogP contribution is -2.23. The fourth-order valence-electron chi connectivity index (χ4n) is 2.61. The highest BCUT2D eigenvalue weighted by molar-refractivity contribution is 5.92. The van der Waals surface area contributed by atoms with E-state index in [4.69, 9.17) is 4.74 Å². The lowest BCUT2D eigenvalue weighted by molar-refractivity contribution is 0.0958. The van der Waals surface area contributed by atoms with Gasteiger partial charge >= 0.3 is 0 Å². The monoisotopic (exact) mass is 298 g/mol. The van der Waals surface area contributed by atoms with Crippen LogP contribution in [-0.2, 0) is 6.42 Å². The summed E-state index contributed by atoms with van der Waals surface area (Å²) in [5, 5.41) is 2.60. The molecule has 0 aliphatic carbocycles. The molecule has 0 radical (unpaired) electrons. The van der Waals surface area contributed by atoms with Gasteiger partial charge < -0.3 is 15.0 Å². The molecule has 1 aliphatic rings. The molecule has 0 atom stereocenters. The molecule has 0 fully saturated rings. The molecule has 1 N–H and O–H groups in total. The van der Waals surface area contributed by atoms with Crippen molar-refractivity contribution in [1.29, 1.82) is 0 Å². The number of aryl methyl sites for hydroxylation is 1. The van der Waals surface area contributed by atoms with Crippen molar-refractivity contribution >= 4 is 17.5 Å². The standard InChI is InChI=1S/C16H18N4O2/c1-10-8-13(15(21)17-2)19-16(18-10)20-7-6-11-4-5-12(22-3)9-14(11)20/h4-5,8-9H,6-7H2,1-3H3,(H,17,21). The van der Waals surface area contributed by atoms with Crippen LogP contribution in [0.5, 0.6) is 5.75 Å². The first-order valence-electron chi connectivity index (χ1n) is 7.14. The number of nitrogens with one attached hydrogen (secondary N) is 1. The number of ether oxygens (including phenoxy) is 1. The predicted molar refractivity (Wildman–Crippen MR) is 83.9 cm³/mol. The number of amides is 1. The number of methoxy groups -OCH3 is 1. The topological polar surface area (TPSA) is 67.4 Å². The van der Waals surface area contributed by atoms with E-state index in [1.807, 2.05) is 24.0 Å². The molecule has 1 aliphatic heterocycles. The number of carbonyl (C=O) groups excluding carboxylic acids is 1. The molecule has 1 aromatic carbocycles. The fraction of sp³-hybridized carbons (Fsp3) is 0.312. The largest absolute Gasteiger partial charge is 0.497 e. The van der Waals surface area contributed by atoms with Gasteiger partial charge in [-0.1, -0.05) is 6.07 Å². The summed E-state index contributed by atoms with van der Waals surface area (Å²) in [6.45, 7) is 2.65. The van der Waals surface area contributed by atoms with Crippen LogP contribution in [0.15, 0.2) is 24.3 Å². The minimum atomic E-state index is -0.211. The normalized spacial score (nSPS) is 13.0. The second-order valence-corrected chi connectivity index (χ2v) is 5.17. The third-order valence-corrected chi connectivity index (χ3v) is 3.73. The first-order valence-corrected chi connectivity index (χ1v) is 7.14. The van der Waals surface area contributed by atoms with Crippen molar-refractivity contribution in [1.82, 2.24) is 15.3 Å². The first-order chi connectivity index (χ1) is 10.6. The summed E-state index contributed by atoms with van der Waals surface area (Å²) in [5.74, 6) is 1.13. The van der Waals surface area contributed by atoms with Gasteiger partial charge in [-0.3, -0.25) is 4.79 Å². The molecule has 0 spiro atoms. The number of benzene rings is 1. The highest BCUT2D eigenvalue weighted by Gasteiger charge is 2.24. The third kappa shape index (κ3) is 2.47. The maximum atomic E-state index is 11.8. The Morgan fingerprint density at radius 3 is 2.86 bits per heavy atom. The van der Waals surface area contributed by atoms with Gasteiger partial charge in [0.05, 0.1) is 12.8 Å². The second-order valence-electron chi connectivity index (χ2n) is 5.17. The molecule has 2 heterocycles. The Morgan fingerprint density at radius 1 is 1.32 bits per heavy atom. The highest BCUT2D eigenvalue weighted by atomic mass is 16.5. The van der Waals surface area contributed by atoms with E-state index in [-0.39, 0.29) is 5.91 Å². The Bertz CT molecular complexity index is 730. The van der Waals surface area contributed by atoms with Crippen LogP contribution < -0.4 is 15.0 Å². The Kier molecular flexibility index (Phi) is 3.66. The second kappa shape index (κ2) is 5.63. The Balaban J connectivity index is 2.04. The third-order valence-electron chi connectivity index (χ3n) is 3.73. The molecule has 0 unspecified atom stereocenters. The fourth-order valence-corrected chi connectivity index (χ4v) is 2.61. The van der Waals surface area contributed by atoms with Crippen LogP contribution >= 0.6 is 0 Å². The van der Waals surface area contributed by atoms with E-state index in [1.165, 1.54) is 5.56 Å². The van der Waals surface area contributed by atoms with Gasteiger partial charge in [0.2, 0.25) is 5.95 Å². The molecule has 1 aromatic heterocycles. The van der Waals surface area contributed by atoms with Gasteiger partial charge in [-0.05, 0) is 31.0 Å². The van der Waals surface area contributed by atoms with Crippen molar-refractivity contribution in [2.24, 2.45) is 0 Å². The summed E-state index contributed by atoms with van der Waals surface area (Å²) < 4.78 is 5.30. The summed E-state index contributed by atoms with van der Waals surface area (Å²) in [5.41, 5.74) is 3.40. The van der Waals surface area contributed by atoms with Crippen molar-refractivity contribution in [3.8, 4) is 5.75 Å². The number of hydrogen-bond acceptors (Lipinski definition) is 5. The van der Waals surface area contributed by atoms with E-state index in [0.717, 1.165) is 30.1 Å². The van der Waals surface area contributed by atoms with Crippen LogP contribution in [0.3, 0.4) is 0 Å². The number of carbonyl (C=O) groups is 1. The van der Waals surface area contributed by atoms with E-state index in [1.54, 1.807) is 20.2 Å². The zero-order valence-electron chi connectivity index (χ0n) is 12.9. The van der Waals surface area contributed by atoms with Gasteiger partial charge in [0.25, 0.3) is 5.91 Å². The molecule has 0 saturated carbocycles. The van der Waals surface area contributed by atoms with Gasteiger partial charge in [0.1, 0.15) is 11.4 Å². The van der Waals surface area contributed by atoms with Crippen LogP contribution in [0.4, 0.5) is 11.6 Å². The van der Waals surface area contributed by atoms with Gasteiger partial charge in [0.15, 0.2) is 0 Å². The SMILES string of the molecule is CNC(=O)c1cc(C)nc(N2CCc3ccc(OC)cc32)n1. The average Bonchev–Trinajstić information content (AvgIpc) is 2.96. The van der Waals surface area contributed by atoms with Crippen LogP contribution in [0.25, 0.3) is 0 Å². The van der Waals surface area contributed by atoms with Crippen molar-refractivity contribution < 1.29 is 9.53 Å². The maximum Gasteiger partial charge on any atom is 0.269 e. The van der Waals surface area contributed by atoms with Crippen molar-refractivity contribution in [3.05, 3.63) is 41.2 Å². The molecule has 2 aromatic rings. The van der Waals surface area contributed by atoms with Gasteiger partial charge in [-0.2, -0.15) is 0 Å². The highest BCUT2D eigenvalue weighted by Crippen LogP contribution is 2.35. The van der Waals surface area contributed by atoms with Crippen LogP contribution in [0, 0.1) is 6.92 Å². The number of rotatable bonds is 3. The van der Waals surface area contributed by atoms with E-state index in [0.29, 0.717) is 11.6 Å². The van der Waals surface area contributed by atoms with Gasteiger partial charge in [-0.15, -0.1) is 0 Å². The van der Waals surface area contributed by atoms with Crippen LogP contribution in [-0.4, -0.2) is 36.6 Å². The number of fused-ring (bicyclic) bond motifs is 1. The number of nitrogens with zero attached hydrogens (tertiary/aromatic N) is 3. The Labute approximate surface area is 129 Å². The predicted octanol–water partition coefficient (Wildman–Crippen LogP) is 1.85. The molecule has 6 nitrogen and oxygen atoms in total. The van der Waals surface area contributed by atoms with Gasteiger partial charge in [0, 0.05) is 25.4 Å². The summed E-state index contributed by atoms with van der Waals surface area (Å²) in [6.07, 6.45) is 0.923. The Hall–Kier alpha value is -2.63. The summed E-state index contributed by atoms with van der Waals surface area (Å²) in [7, 11) is 3.24. The minimum Gasteiger partial charge on any atom is -0.497 e. The number of aromatic nitrogens is 2. The molecule has 114 valence electrons. The van der Waals surface area contributed by atoms with Crippen LogP contribution in [0.1, 0.15) is 21.7 Å². The number of anilines is 2. The molecule has 1 amide bonds. The van der Waals surface area contributed by atoms with E-state index in [2.05, 4.69) is 21.4 Å². The summed E-state index contributed by atoms with van der Waals surface area (Å²) in [6, 6.07) is 7.68. The van der Waals surface area contributed by atoms with E-state index >= 15 is 0 Å². The molecular weight excluding hydrogens is 280 g/mol. The molecule has 0 bridgehead atoms. The molecular formula is C16H18N4O2. The molecule has 22 heavy (non-hydrogen) atoms. The van der Waals surface area contributed by atoms with Crippen molar-refractivity contribution in [3.63, 3.8) is 0 Å². The zero-order chi connectivity index (χ0) is 15.7. The smallest absolute Gasteiger partial charge is 0.269 e. The maximum absolute atomic E-state index is 11.8. The number of hydrogen-bond donors (Lipinski definition) is 1. The minimum absolute atomic E-state index is 0.211. The van der Waals surface area contributed by atoms with Crippen molar-refractivity contribution in [2.45, 2.75) is 13.3 Å². The Morgan fingerprint density at radius 2 is 2.14 bits per heavy atom. The average molecular weight is 298 g/mol. The lowest BCUT2D eigenvalue weighted by atomic mass is 10.1. The lowest BCUT2D eigenvalue weighted by Gasteiger charge is -2.18. The van der Waals surface area contributed by atoms with E-state index in [9.17, 15) is 4.79 Å². The molecule has 0 saturated heterocycles. The van der Waals surface area contributed by atoms with Gasteiger partial charge in [-0.25, -0.2) is 9.97 Å². The zero-order valence-corrected chi connectivity index (χ0v) is 12.9. The van der Waals surface area contributed by atoms with Crippen molar-refractivity contribution in [2.75, 3.05) is 25.6 Å².